The highest BCUT2D eigenvalue weighted by atomic mass is 16.5. The summed E-state index contributed by atoms with van der Waals surface area (Å²) in [7, 11) is 0. The molecule has 4 amide bonds. The molecule has 0 spiro atoms. The Hall–Kier alpha value is -3.14. The van der Waals surface area contributed by atoms with Crippen LogP contribution in [0, 0.1) is 11.3 Å². The van der Waals surface area contributed by atoms with Crippen LogP contribution in [0.25, 0.3) is 0 Å². The maximum atomic E-state index is 13.2. The number of hydrogen-bond donors (Lipinski definition) is 5. The van der Waals surface area contributed by atoms with Gasteiger partial charge in [-0.25, -0.2) is 4.79 Å². The molecule has 2 unspecified atom stereocenters. The highest BCUT2D eigenvalue weighted by molar-refractivity contribution is 5.97. The predicted molar refractivity (Wildman–Crippen MR) is 149 cm³/mol. The monoisotopic (exact) mass is 533 g/mol. The summed E-state index contributed by atoms with van der Waals surface area (Å²) in [6, 6.07) is 5.01. The van der Waals surface area contributed by atoms with E-state index in [0.29, 0.717) is 18.5 Å². The molecule has 0 heterocycles. The molecule has 0 saturated heterocycles. The maximum Gasteiger partial charge on any atom is 0.312 e. The standard InChI is InChI=1S/C28H47N5O5/c1-9-28(7,8)33-22(18(2)3)24(35)32-21(11-10-16-30-26(29)37)23(34)31-20-14-12-19(13-15-20)17-38-25(36)27(4,5)6/h12-15,18,21-22,33H,9-11,16-17H2,1-8H3,(H,31,34)(H,32,35)(H3,29,30,37). The number of primary amides is 1. The number of urea groups is 1. The van der Waals surface area contributed by atoms with Crippen LogP contribution >= 0.6 is 0 Å². The van der Waals surface area contributed by atoms with Crippen LogP contribution in [0.2, 0.25) is 0 Å². The van der Waals surface area contributed by atoms with Crippen molar-refractivity contribution in [1.29, 1.82) is 0 Å². The number of rotatable bonds is 14. The van der Waals surface area contributed by atoms with Crippen molar-refractivity contribution in [3.8, 4) is 0 Å². The zero-order chi connectivity index (χ0) is 29.1. The van der Waals surface area contributed by atoms with Gasteiger partial charge >= 0.3 is 12.0 Å². The second-order valence-corrected chi connectivity index (χ2v) is 11.6. The van der Waals surface area contributed by atoms with Crippen molar-refractivity contribution in [2.75, 3.05) is 11.9 Å². The van der Waals surface area contributed by atoms with Gasteiger partial charge in [0.05, 0.1) is 11.5 Å². The third-order valence-corrected chi connectivity index (χ3v) is 6.18. The van der Waals surface area contributed by atoms with Crippen LogP contribution in [0.1, 0.15) is 80.2 Å². The number of nitrogens with one attached hydrogen (secondary N) is 4. The third-order valence-electron chi connectivity index (χ3n) is 6.18. The summed E-state index contributed by atoms with van der Waals surface area (Å²) in [4.78, 5) is 49.4. The average Bonchev–Trinajstić information content (AvgIpc) is 2.82. The van der Waals surface area contributed by atoms with E-state index in [1.165, 1.54) is 0 Å². The van der Waals surface area contributed by atoms with Crippen LogP contribution < -0.4 is 27.0 Å². The molecule has 0 aliphatic carbocycles. The van der Waals surface area contributed by atoms with Gasteiger partial charge in [-0.05, 0) is 77.5 Å². The summed E-state index contributed by atoms with van der Waals surface area (Å²) < 4.78 is 5.33. The quantitative estimate of drug-likeness (QED) is 0.182. The topological polar surface area (TPSA) is 152 Å². The first-order valence-electron chi connectivity index (χ1n) is 13.2. The summed E-state index contributed by atoms with van der Waals surface area (Å²) in [6.45, 7) is 15.8. The number of carbonyl (C=O) groups is 4. The Kier molecular flexibility index (Phi) is 12.7. The molecule has 10 nitrogen and oxygen atoms in total. The van der Waals surface area contributed by atoms with Crippen molar-refractivity contribution in [1.82, 2.24) is 16.0 Å². The largest absolute Gasteiger partial charge is 0.460 e. The summed E-state index contributed by atoms with van der Waals surface area (Å²) in [5.41, 5.74) is 5.62. The first-order chi connectivity index (χ1) is 17.6. The van der Waals surface area contributed by atoms with Crippen molar-refractivity contribution in [2.24, 2.45) is 17.1 Å². The first-order valence-corrected chi connectivity index (χ1v) is 13.2. The molecule has 0 saturated carbocycles. The fourth-order valence-corrected chi connectivity index (χ4v) is 3.39. The Labute approximate surface area is 227 Å². The Morgan fingerprint density at radius 2 is 1.58 bits per heavy atom. The van der Waals surface area contributed by atoms with Gasteiger partial charge in [0.1, 0.15) is 12.6 Å². The molecule has 38 heavy (non-hydrogen) atoms. The summed E-state index contributed by atoms with van der Waals surface area (Å²) in [6.07, 6.45) is 1.58. The van der Waals surface area contributed by atoms with Crippen LogP contribution in [0.3, 0.4) is 0 Å². The van der Waals surface area contributed by atoms with E-state index in [-0.39, 0.29) is 42.4 Å². The lowest BCUT2D eigenvalue weighted by Crippen LogP contribution is -2.57. The molecule has 0 aliphatic heterocycles. The highest BCUT2D eigenvalue weighted by Crippen LogP contribution is 2.18. The van der Waals surface area contributed by atoms with Gasteiger partial charge in [0.15, 0.2) is 0 Å². The zero-order valence-corrected chi connectivity index (χ0v) is 24.2. The number of esters is 1. The summed E-state index contributed by atoms with van der Waals surface area (Å²) in [5, 5.41) is 11.6. The molecule has 1 rings (SSSR count). The van der Waals surface area contributed by atoms with Gasteiger partial charge in [0.25, 0.3) is 0 Å². The molecular formula is C28H47N5O5. The highest BCUT2D eigenvalue weighted by Gasteiger charge is 2.31. The Bertz CT molecular complexity index is 938. The molecule has 0 radical (unpaired) electrons. The van der Waals surface area contributed by atoms with Gasteiger partial charge in [-0.15, -0.1) is 0 Å². The van der Waals surface area contributed by atoms with E-state index in [9.17, 15) is 19.2 Å². The minimum absolute atomic E-state index is 0.000919. The molecule has 1 aromatic carbocycles. The molecular weight excluding hydrogens is 486 g/mol. The summed E-state index contributed by atoms with van der Waals surface area (Å²) in [5.74, 6) is -0.932. The van der Waals surface area contributed by atoms with Crippen molar-refractivity contribution in [3.05, 3.63) is 29.8 Å². The van der Waals surface area contributed by atoms with Crippen molar-refractivity contribution >= 4 is 29.5 Å². The molecule has 2 atom stereocenters. The maximum absolute atomic E-state index is 13.2. The minimum Gasteiger partial charge on any atom is -0.460 e. The fourth-order valence-electron chi connectivity index (χ4n) is 3.39. The Balaban J connectivity index is 2.93. The van der Waals surface area contributed by atoms with Crippen molar-refractivity contribution in [2.45, 2.75) is 98.9 Å². The van der Waals surface area contributed by atoms with Crippen LogP contribution in [0.5, 0.6) is 0 Å². The lowest BCUT2D eigenvalue weighted by Gasteiger charge is -2.33. The predicted octanol–water partition coefficient (Wildman–Crippen LogP) is 3.45. The smallest absolute Gasteiger partial charge is 0.312 e. The number of carbonyl (C=O) groups excluding carboxylic acids is 4. The normalized spacial score (nSPS) is 13.4. The van der Waals surface area contributed by atoms with Gasteiger partial charge < -0.3 is 31.7 Å². The molecule has 0 aliphatic rings. The van der Waals surface area contributed by atoms with E-state index in [4.69, 9.17) is 10.5 Å². The van der Waals surface area contributed by atoms with E-state index in [1.807, 2.05) is 34.6 Å². The van der Waals surface area contributed by atoms with Gasteiger partial charge in [0, 0.05) is 17.8 Å². The average molecular weight is 534 g/mol. The molecule has 0 fully saturated rings. The molecule has 10 heteroatoms. The summed E-state index contributed by atoms with van der Waals surface area (Å²) >= 11 is 0. The van der Waals surface area contributed by atoms with Crippen LogP contribution in [0.4, 0.5) is 10.5 Å². The Morgan fingerprint density at radius 1 is 0.974 bits per heavy atom. The first kappa shape index (κ1) is 32.9. The molecule has 6 N–H and O–H groups in total. The molecule has 1 aromatic rings. The van der Waals surface area contributed by atoms with Crippen molar-refractivity contribution < 1.29 is 23.9 Å². The van der Waals surface area contributed by atoms with Gasteiger partial charge in [-0.1, -0.05) is 32.9 Å². The number of nitrogens with two attached hydrogens (primary N) is 1. The van der Waals surface area contributed by atoms with Gasteiger partial charge in [-0.3, -0.25) is 14.4 Å². The second-order valence-electron chi connectivity index (χ2n) is 11.6. The number of benzene rings is 1. The number of amides is 4. The SMILES string of the molecule is CCC(C)(C)NC(C(=O)NC(CCCNC(N)=O)C(=O)Nc1ccc(COC(=O)C(C)(C)C)cc1)C(C)C. The molecule has 0 bridgehead atoms. The number of ether oxygens (including phenoxy) is 1. The van der Waals surface area contributed by atoms with E-state index in [0.717, 1.165) is 12.0 Å². The second kappa shape index (κ2) is 14.7. The van der Waals surface area contributed by atoms with E-state index >= 15 is 0 Å². The van der Waals surface area contributed by atoms with Crippen LogP contribution in [-0.4, -0.2) is 48.0 Å². The Morgan fingerprint density at radius 3 is 2.08 bits per heavy atom. The number of anilines is 1. The van der Waals surface area contributed by atoms with Crippen LogP contribution in [0.15, 0.2) is 24.3 Å². The lowest BCUT2D eigenvalue weighted by atomic mass is 9.95. The zero-order valence-electron chi connectivity index (χ0n) is 24.2. The number of hydrogen-bond acceptors (Lipinski definition) is 6. The van der Waals surface area contributed by atoms with Gasteiger partial charge in [0.2, 0.25) is 11.8 Å². The van der Waals surface area contributed by atoms with E-state index in [2.05, 4.69) is 21.3 Å². The van der Waals surface area contributed by atoms with Gasteiger partial charge in [-0.2, -0.15) is 0 Å². The van der Waals surface area contributed by atoms with E-state index in [1.54, 1.807) is 45.0 Å². The van der Waals surface area contributed by atoms with Crippen LogP contribution in [-0.2, 0) is 25.7 Å². The molecule has 0 aromatic heterocycles. The lowest BCUT2D eigenvalue weighted by molar-refractivity contribution is -0.154. The van der Waals surface area contributed by atoms with E-state index < -0.39 is 23.5 Å². The van der Waals surface area contributed by atoms with Crippen molar-refractivity contribution in [3.63, 3.8) is 0 Å². The minimum atomic E-state index is -0.822. The fraction of sp³-hybridized carbons (Fsp3) is 0.643. The third kappa shape index (κ3) is 11.9. The molecule has 214 valence electrons.